The highest BCUT2D eigenvalue weighted by Gasteiger charge is 1.92. The Morgan fingerprint density at radius 3 is 3.00 bits per heavy atom. The van der Waals surface area contributed by atoms with Gasteiger partial charge in [0.1, 0.15) is 0 Å². The van der Waals surface area contributed by atoms with Crippen LogP contribution in [0.15, 0.2) is 24.5 Å². The molecule has 0 aliphatic rings. The summed E-state index contributed by atoms with van der Waals surface area (Å²) >= 11 is 0. The molecule has 0 N–H and O–H groups in total. The molecule has 1 atom stereocenters. The van der Waals surface area contributed by atoms with Crippen LogP contribution in [0.2, 0.25) is 0 Å². The van der Waals surface area contributed by atoms with Crippen LogP contribution in [0, 0.1) is 17.8 Å². The fourth-order valence-electron chi connectivity index (χ4n) is 1.15. The predicted octanol–water partition coefficient (Wildman–Crippen LogP) is 2.87. The Kier molecular flexibility index (Phi) is 4.05. The summed E-state index contributed by atoms with van der Waals surface area (Å²) in [5.41, 5.74) is 1.01. The summed E-state index contributed by atoms with van der Waals surface area (Å²) in [5, 5.41) is 0. The molecule has 1 aromatic rings. The van der Waals surface area contributed by atoms with Crippen LogP contribution in [-0.4, -0.2) is 4.98 Å². The topological polar surface area (TPSA) is 12.9 Å². The van der Waals surface area contributed by atoms with E-state index in [1.807, 2.05) is 12.1 Å². The van der Waals surface area contributed by atoms with Gasteiger partial charge in [-0.1, -0.05) is 32.1 Å². The van der Waals surface area contributed by atoms with Crippen LogP contribution in [0.1, 0.15) is 32.3 Å². The van der Waals surface area contributed by atoms with Gasteiger partial charge in [0.25, 0.3) is 0 Å². The van der Waals surface area contributed by atoms with Crippen molar-refractivity contribution in [1.29, 1.82) is 0 Å². The normalized spacial score (nSPS) is 11.5. The van der Waals surface area contributed by atoms with Gasteiger partial charge in [-0.15, -0.1) is 0 Å². The molecule has 0 fully saturated rings. The van der Waals surface area contributed by atoms with Gasteiger partial charge >= 0.3 is 0 Å². The van der Waals surface area contributed by atoms with E-state index in [1.165, 1.54) is 12.8 Å². The summed E-state index contributed by atoms with van der Waals surface area (Å²) in [6, 6.07) is 3.90. The molecule has 13 heavy (non-hydrogen) atoms. The third-order valence-corrected chi connectivity index (χ3v) is 1.85. The number of pyridine rings is 1. The van der Waals surface area contributed by atoms with Crippen LogP contribution in [0.25, 0.3) is 0 Å². The van der Waals surface area contributed by atoms with E-state index >= 15 is 0 Å². The fraction of sp³-hybridized carbons (Fsp3) is 0.417. The van der Waals surface area contributed by atoms with Gasteiger partial charge in [-0.25, -0.2) is 0 Å². The predicted molar refractivity (Wildman–Crippen MR) is 55.2 cm³/mol. The van der Waals surface area contributed by atoms with Gasteiger partial charge in [-0.3, -0.25) is 4.98 Å². The quantitative estimate of drug-likeness (QED) is 0.627. The highest BCUT2D eigenvalue weighted by molar-refractivity contribution is 5.31. The monoisotopic (exact) mass is 173 g/mol. The minimum absolute atomic E-state index is 0.491. The van der Waals surface area contributed by atoms with Crippen molar-refractivity contribution in [2.45, 2.75) is 26.7 Å². The summed E-state index contributed by atoms with van der Waals surface area (Å²) in [5.74, 6) is 6.82. The lowest BCUT2D eigenvalue weighted by atomic mass is 10.1. The van der Waals surface area contributed by atoms with E-state index < -0.39 is 0 Å². The first kappa shape index (κ1) is 9.80. The molecule has 0 radical (unpaired) electrons. The first-order chi connectivity index (χ1) is 6.33. The van der Waals surface area contributed by atoms with Crippen molar-refractivity contribution < 1.29 is 0 Å². The van der Waals surface area contributed by atoms with E-state index in [-0.39, 0.29) is 0 Å². The average Bonchev–Trinajstić information content (AvgIpc) is 2.17. The second kappa shape index (κ2) is 5.37. The third-order valence-electron chi connectivity index (χ3n) is 1.85. The van der Waals surface area contributed by atoms with E-state index in [2.05, 4.69) is 30.7 Å². The molecule has 1 unspecified atom stereocenters. The second-order valence-electron chi connectivity index (χ2n) is 3.20. The lowest BCUT2D eigenvalue weighted by Gasteiger charge is -1.97. The standard InChI is InChI=1S/C12H15N/c1-3-5-11(2)7-8-12-6-4-9-13-10-12/h4,6,9-11H,3,5H2,1-2H3. The van der Waals surface area contributed by atoms with Crippen molar-refractivity contribution in [2.75, 3.05) is 0 Å². The number of aromatic nitrogens is 1. The molecule has 1 aromatic heterocycles. The first-order valence-electron chi connectivity index (χ1n) is 4.74. The lowest BCUT2D eigenvalue weighted by Crippen LogP contribution is -1.88. The largest absolute Gasteiger partial charge is 0.263 e. The van der Waals surface area contributed by atoms with Gasteiger partial charge in [0.15, 0.2) is 0 Å². The lowest BCUT2D eigenvalue weighted by molar-refractivity contribution is 0.653. The molecule has 0 saturated heterocycles. The minimum Gasteiger partial charge on any atom is -0.263 e. The number of rotatable bonds is 2. The molecular weight excluding hydrogens is 158 g/mol. The van der Waals surface area contributed by atoms with Gasteiger partial charge in [-0.05, 0) is 18.6 Å². The maximum absolute atomic E-state index is 4.01. The van der Waals surface area contributed by atoms with E-state index in [0.717, 1.165) is 5.56 Å². The molecule has 0 aromatic carbocycles. The molecule has 1 heteroatoms. The Bertz CT molecular complexity index is 292. The summed E-state index contributed by atoms with van der Waals surface area (Å²) < 4.78 is 0. The molecule has 0 aliphatic heterocycles. The van der Waals surface area contributed by atoms with E-state index in [4.69, 9.17) is 0 Å². The van der Waals surface area contributed by atoms with Crippen LogP contribution in [0.3, 0.4) is 0 Å². The van der Waals surface area contributed by atoms with Gasteiger partial charge in [0, 0.05) is 23.9 Å². The fourth-order valence-corrected chi connectivity index (χ4v) is 1.15. The van der Waals surface area contributed by atoms with Crippen molar-refractivity contribution in [1.82, 2.24) is 4.98 Å². The summed E-state index contributed by atoms with van der Waals surface area (Å²) in [4.78, 5) is 4.01. The Labute approximate surface area is 80.2 Å². The molecule has 1 heterocycles. The van der Waals surface area contributed by atoms with Gasteiger partial charge < -0.3 is 0 Å². The molecule has 1 rings (SSSR count). The van der Waals surface area contributed by atoms with Crippen LogP contribution in [0.4, 0.5) is 0 Å². The van der Waals surface area contributed by atoms with Gasteiger partial charge in [0.05, 0.1) is 0 Å². The van der Waals surface area contributed by atoms with E-state index in [1.54, 1.807) is 12.4 Å². The summed E-state index contributed by atoms with van der Waals surface area (Å²) in [6.45, 7) is 4.34. The smallest absolute Gasteiger partial charge is 0.0428 e. The minimum atomic E-state index is 0.491. The molecular formula is C12H15N. The van der Waals surface area contributed by atoms with Crippen LogP contribution in [-0.2, 0) is 0 Å². The Morgan fingerprint density at radius 1 is 1.54 bits per heavy atom. The number of hydrogen-bond acceptors (Lipinski definition) is 1. The molecule has 0 aliphatic carbocycles. The SMILES string of the molecule is CCCC(C)C#Cc1cccnc1. The summed E-state index contributed by atoms with van der Waals surface area (Å²) in [6.07, 6.45) is 5.93. The van der Waals surface area contributed by atoms with E-state index in [9.17, 15) is 0 Å². The third kappa shape index (κ3) is 3.75. The Balaban J connectivity index is 2.57. The molecule has 1 nitrogen and oxygen atoms in total. The Morgan fingerprint density at radius 2 is 2.38 bits per heavy atom. The van der Waals surface area contributed by atoms with Gasteiger partial charge in [0.2, 0.25) is 0 Å². The summed E-state index contributed by atoms with van der Waals surface area (Å²) in [7, 11) is 0. The number of hydrogen-bond donors (Lipinski definition) is 0. The van der Waals surface area contributed by atoms with Crippen LogP contribution < -0.4 is 0 Å². The first-order valence-corrected chi connectivity index (χ1v) is 4.74. The van der Waals surface area contributed by atoms with Crippen molar-refractivity contribution >= 4 is 0 Å². The van der Waals surface area contributed by atoms with Crippen molar-refractivity contribution in [3.8, 4) is 11.8 Å². The van der Waals surface area contributed by atoms with Crippen LogP contribution in [0.5, 0.6) is 0 Å². The average molecular weight is 173 g/mol. The molecule has 0 amide bonds. The zero-order valence-corrected chi connectivity index (χ0v) is 8.25. The maximum Gasteiger partial charge on any atom is 0.0428 e. The Hall–Kier alpha value is -1.29. The van der Waals surface area contributed by atoms with Crippen molar-refractivity contribution in [2.24, 2.45) is 5.92 Å². The second-order valence-corrected chi connectivity index (χ2v) is 3.20. The van der Waals surface area contributed by atoms with Crippen molar-refractivity contribution in [3.63, 3.8) is 0 Å². The van der Waals surface area contributed by atoms with Crippen molar-refractivity contribution in [3.05, 3.63) is 30.1 Å². The highest BCUT2D eigenvalue weighted by atomic mass is 14.6. The van der Waals surface area contributed by atoms with E-state index in [0.29, 0.717) is 5.92 Å². The van der Waals surface area contributed by atoms with Crippen LogP contribution >= 0.6 is 0 Å². The zero-order valence-electron chi connectivity index (χ0n) is 8.25. The highest BCUT2D eigenvalue weighted by Crippen LogP contribution is 2.03. The molecule has 0 spiro atoms. The molecule has 68 valence electrons. The maximum atomic E-state index is 4.01. The number of nitrogens with zero attached hydrogens (tertiary/aromatic N) is 1. The van der Waals surface area contributed by atoms with Gasteiger partial charge in [-0.2, -0.15) is 0 Å². The molecule has 0 saturated carbocycles. The molecule has 0 bridgehead atoms. The zero-order chi connectivity index (χ0) is 9.52.